The summed E-state index contributed by atoms with van der Waals surface area (Å²) in [4.78, 5) is 16.9. The quantitative estimate of drug-likeness (QED) is 0.317. The molecule has 0 spiro atoms. The second kappa shape index (κ2) is 9.24. The largest absolute Gasteiger partial charge is 0.490 e. The molecule has 0 saturated heterocycles. The Bertz CT molecular complexity index is 1070. The predicted octanol–water partition coefficient (Wildman–Crippen LogP) is 4.82. The van der Waals surface area contributed by atoms with E-state index < -0.39 is 5.97 Å². The topological polar surface area (TPSA) is 66.2 Å². The fourth-order valence-corrected chi connectivity index (χ4v) is 3.02. The van der Waals surface area contributed by atoms with Crippen LogP contribution in [0.5, 0.6) is 5.75 Å². The van der Waals surface area contributed by atoms with Crippen molar-refractivity contribution in [2.75, 3.05) is 13.2 Å². The van der Waals surface area contributed by atoms with Crippen molar-refractivity contribution >= 4 is 17.6 Å². The standard InChI is InChI=1S/C23H18ClN3O3/c24-18-10-7-13-20(16-18)29-14-15-30-23(28)21-25-22(17-8-3-1-4-9-17)27(26-21)19-11-5-2-6-12-19/h1-13,16H,14-15H2. The first-order valence-electron chi connectivity index (χ1n) is 9.34. The molecule has 0 N–H and O–H groups in total. The van der Waals surface area contributed by atoms with Crippen LogP contribution in [0, 0.1) is 0 Å². The molecule has 7 heteroatoms. The maximum atomic E-state index is 12.5. The van der Waals surface area contributed by atoms with Crippen molar-refractivity contribution < 1.29 is 14.3 Å². The first-order chi connectivity index (χ1) is 14.7. The summed E-state index contributed by atoms with van der Waals surface area (Å²) in [7, 11) is 0. The molecular weight excluding hydrogens is 402 g/mol. The van der Waals surface area contributed by atoms with Crippen LogP contribution in [0.15, 0.2) is 84.9 Å². The zero-order valence-corrected chi connectivity index (χ0v) is 16.7. The molecule has 4 aromatic rings. The van der Waals surface area contributed by atoms with Crippen molar-refractivity contribution in [2.45, 2.75) is 0 Å². The molecule has 0 aliphatic carbocycles. The van der Waals surface area contributed by atoms with E-state index in [4.69, 9.17) is 21.1 Å². The molecule has 0 aliphatic rings. The number of rotatable bonds is 7. The number of hydrogen-bond acceptors (Lipinski definition) is 5. The summed E-state index contributed by atoms with van der Waals surface area (Å²) < 4.78 is 12.5. The SMILES string of the molecule is O=C(OCCOc1cccc(Cl)c1)c1nc(-c2ccccc2)n(-c2ccccc2)n1. The second-order valence-electron chi connectivity index (χ2n) is 6.31. The number of ether oxygens (including phenoxy) is 2. The van der Waals surface area contributed by atoms with Crippen LogP contribution in [0.1, 0.15) is 10.6 Å². The second-order valence-corrected chi connectivity index (χ2v) is 6.75. The van der Waals surface area contributed by atoms with Gasteiger partial charge in [-0.15, -0.1) is 5.10 Å². The zero-order valence-electron chi connectivity index (χ0n) is 15.9. The summed E-state index contributed by atoms with van der Waals surface area (Å²) in [6, 6.07) is 26.1. The summed E-state index contributed by atoms with van der Waals surface area (Å²) in [5, 5.41) is 4.96. The maximum absolute atomic E-state index is 12.5. The van der Waals surface area contributed by atoms with Crippen LogP contribution in [0.3, 0.4) is 0 Å². The third kappa shape index (κ3) is 4.67. The van der Waals surface area contributed by atoms with E-state index >= 15 is 0 Å². The van der Waals surface area contributed by atoms with E-state index in [-0.39, 0.29) is 19.0 Å². The lowest BCUT2D eigenvalue weighted by atomic mass is 10.2. The Labute approximate surface area is 178 Å². The van der Waals surface area contributed by atoms with E-state index in [1.807, 2.05) is 60.7 Å². The molecule has 0 bridgehead atoms. The fourth-order valence-electron chi connectivity index (χ4n) is 2.84. The monoisotopic (exact) mass is 419 g/mol. The molecule has 1 aromatic heterocycles. The molecule has 0 fully saturated rings. The van der Waals surface area contributed by atoms with Crippen molar-refractivity contribution in [2.24, 2.45) is 0 Å². The van der Waals surface area contributed by atoms with Crippen LogP contribution in [0.25, 0.3) is 17.1 Å². The van der Waals surface area contributed by atoms with Crippen molar-refractivity contribution in [1.82, 2.24) is 14.8 Å². The minimum atomic E-state index is -0.614. The van der Waals surface area contributed by atoms with Gasteiger partial charge in [-0.3, -0.25) is 0 Å². The predicted molar refractivity (Wildman–Crippen MR) is 114 cm³/mol. The van der Waals surface area contributed by atoms with Gasteiger partial charge in [0.2, 0.25) is 0 Å². The third-order valence-electron chi connectivity index (χ3n) is 4.20. The van der Waals surface area contributed by atoms with Crippen molar-refractivity contribution in [3.05, 3.63) is 95.8 Å². The van der Waals surface area contributed by atoms with Gasteiger partial charge in [0.15, 0.2) is 5.82 Å². The van der Waals surface area contributed by atoms with Gasteiger partial charge in [0, 0.05) is 10.6 Å². The Morgan fingerprint density at radius 1 is 0.900 bits per heavy atom. The van der Waals surface area contributed by atoms with Gasteiger partial charge in [0.05, 0.1) is 5.69 Å². The molecule has 0 atom stereocenters. The summed E-state index contributed by atoms with van der Waals surface area (Å²) in [6.07, 6.45) is 0. The summed E-state index contributed by atoms with van der Waals surface area (Å²) in [5.74, 6) is 0.539. The lowest BCUT2D eigenvalue weighted by Crippen LogP contribution is -2.14. The first kappa shape index (κ1) is 19.7. The minimum Gasteiger partial charge on any atom is -0.490 e. The van der Waals surface area contributed by atoms with E-state index in [9.17, 15) is 4.79 Å². The van der Waals surface area contributed by atoms with Crippen molar-refractivity contribution in [3.8, 4) is 22.8 Å². The molecule has 6 nitrogen and oxygen atoms in total. The number of aromatic nitrogens is 3. The van der Waals surface area contributed by atoms with E-state index in [0.717, 1.165) is 11.3 Å². The highest BCUT2D eigenvalue weighted by Gasteiger charge is 2.19. The third-order valence-corrected chi connectivity index (χ3v) is 4.44. The van der Waals surface area contributed by atoms with Gasteiger partial charge >= 0.3 is 5.97 Å². The molecular formula is C23H18ClN3O3. The lowest BCUT2D eigenvalue weighted by Gasteiger charge is -2.06. The van der Waals surface area contributed by atoms with Gasteiger partial charge in [-0.25, -0.2) is 14.5 Å². The molecule has 30 heavy (non-hydrogen) atoms. The molecule has 0 amide bonds. The van der Waals surface area contributed by atoms with E-state index in [1.54, 1.807) is 28.9 Å². The number of benzene rings is 3. The summed E-state index contributed by atoms with van der Waals surface area (Å²) >= 11 is 5.92. The maximum Gasteiger partial charge on any atom is 0.378 e. The Morgan fingerprint density at radius 3 is 2.37 bits per heavy atom. The number of para-hydroxylation sites is 1. The minimum absolute atomic E-state index is 0.0135. The molecule has 1 heterocycles. The number of nitrogens with zero attached hydrogens (tertiary/aromatic N) is 3. The van der Waals surface area contributed by atoms with Crippen LogP contribution in [0.4, 0.5) is 0 Å². The molecule has 3 aromatic carbocycles. The van der Waals surface area contributed by atoms with Crippen LogP contribution >= 0.6 is 11.6 Å². The molecule has 0 unspecified atom stereocenters. The van der Waals surface area contributed by atoms with Crippen molar-refractivity contribution in [1.29, 1.82) is 0 Å². The van der Waals surface area contributed by atoms with Crippen LogP contribution in [0.2, 0.25) is 5.02 Å². The normalized spacial score (nSPS) is 10.6. The van der Waals surface area contributed by atoms with Gasteiger partial charge in [0.1, 0.15) is 19.0 Å². The van der Waals surface area contributed by atoms with Gasteiger partial charge in [0.25, 0.3) is 5.82 Å². The Hall–Kier alpha value is -3.64. The molecule has 0 radical (unpaired) electrons. The highest BCUT2D eigenvalue weighted by atomic mass is 35.5. The van der Waals surface area contributed by atoms with E-state index in [2.05, 4.69) is 10.1 Å². The van der Waals surface area contributed by atoms with Crippen LogP contribution < -0.4 is 4.74 Å². The average Bonchev–Trinajstić information content (AvgIpc) is 3.24. The van der Waals surface area contributed by atoms with Gasteiger partial charge < -0.3 is 9.47 Å². The smallest absolute Gasteiger partial charge is 0.378 e. The Balaban J connectivity index is 1.48. The Kier molecular flexibility index (Phi) is 6.06. The van der Waals surface area contributed by atoms with Crippen molar-refractivity contribution in [3.63, 3.8) is 0 Å². The van der Waals surface area contributed by atoms with Gasteiger partial charge in [-0.2, -0.15) is 0 Å². The highest BCUT2D eigenvalue weighted by molar-refractivity contribution is 6.30. The highest BCUT2D eigenvalue weighted by Crippen LogP contribution is 2.21. The number of hydrogen-bond donors (Lipinski definition) is 0. The number of carbonyl (C=O) groups excluding carboxylic acids is 1. The molecule has 150 valence electrons. The summed E-state index contributed by atoms with van der Waals surface area (Å²) in [5.41, 5.74) is 1.64. The number of esters is 1. The van der Waals surface area contributed by atoms with E-state index in [1.165, 1.54) is 0 Å². The molecule has 4 rings (SSSR count). The Morgan fingerprint density at radius 2 is 1.63 bits per heavy atom. The zero-order chi connectivity index (χ0) is 20.8. The lowest BCUT2D eigenvalue weighted by molar-refractivity contribution is 0.0436. The summed E-state index contributed by atoms with van der Waals surface area (Å²) in [6.45, 7) is 0.253. The average molecular weight is 420 g/mol. The molecule has 0 aliphatic heterocycles. The van der Waals surface area contributed by atoms with E-state index in [0.29, 0.717) is 16.6 Å². The number of halogens is 1. The van der Waals surface area contributed by atoms with Crippen LogP contribution in [-0.4, -0.2) is 33.9 Å². The van der Waals surface area contributed by atoms with Gasteiger partial charge in [-0.05, 0) is 30.3 Å². The van der Waals surface area contributed by atoms with Gasteiger partial charge in [-0.1, -0.05) is 66.2 Å². The van der Waals surface area contributed by atoms with Crippen LogP contribution in [-0.2, 0) is 4.74 Å². The fraction of sp³-hybridized carbons (Fsp3) is 0.0870. The first-order valence-corrected chi connectivity index (χ1v) is 9.72. The molecule has 0 saturated carbocycles. The number of carbonyl (C=O) groups is 1.